The van der Waals surface area contributed by atoms with E-state index in [1.165, 1.54) is 76.8 Å². The molecular weight excluding hydrogens is 492 g/mol. The second-order valence-electron chi connectivity index (χ2n) is 12.3. The van der Waals surface area contributed by atoms with Crippen molar-refractivity contribution in [1.29, 1.82) is 0 Å². The molecule has 0 aliphatic carbocycles. The van der Waals surface area contributed by atoms with Gasteiger partial charge in [-0.2, -0.15) is 0 Å². The van der Waals surface area contributed by atoms with Gasteiger partial charge >= 0.3 is 0 Å². The van der Waals surface area contributed by atoms with E-state index in [0.29, 0.717) is 0 Å². The fourth-order valence-electron chi connectivity index (χ4n) is 6.33. The van der Waals surface area contributed by atoms with Crippen LogP contribution in [0.25, 0.3) is 65.7 Å². The quantitative estimate of drug-likeness (QED) is 0.201. The summed E-state index contributed by atoms with van der Waals surface area (Å²) in [4.78, 5) is 0. The topological polar surface area (TPSA) is 0 Å². The summed E-state index contributed by atoms with van der Waals surface area (Å²) < 4.78 is 0. The number of fused-ring (bicyclic) bond motifs is 3. The van der Waals surface area contributed by atoms with E-state index < -0.39 is 0 Å². The predicted octanol–water partition coefficient (Wildman–Crippen LogP) is 11.8. The van der Waals surface area contributed by atoms with Crippen molar-refractivity contribution in [3.05, 3.63) is 145 Å². The molecule has 7 rings (SSSR count). The van der Waals surface area contributed by atoms with Crippen LogP contribution in [0, 0.1) is 6.92 Å². The van der Waals surface area contributed by atoms with Crippen molar-refractivity contribution in [3.63, 3.8) is 0 Å². The van der Waals surface area contributed by atoms with E-state index in [0.717, 1.165) is 0 Å². The first kappa shape index (κ1) is 25.3. The first-order chi connectivity index (χ1) is 19.9. The fraction of sp³-hybridized carbons (Fsp3) is 0.122. The molecule has 0 heteroatoms. The summed E-state index contributed by atoms with van der Waals surface area (Å²) >= 11 is 0. The molecule has 198 valence electrons. The third-order valence-electron chi connectivity index (χ3n) is 8.47. The Labute approximate surface area is 242 Å². The molecule has 0 heterocycles. The van der Waals surface area contributed by atoms with Crippen LogP contribution < -0.4 is 0 Å². The van der Waals surface area contributed by atoms with E-state index in [9.17, 15) is 0 Å². The molecule has 7 aromatic rings. The Hall–Kier alpha value is -4.68. The van der Waals surface area contributed by atoms with E-state index in [4.69, 9.17) is 0 Å². The van der Waals surface area contributed by atoms with E-state index in [1.807, 2.05) is 0 Å². The fourth-order valence-corrected chi connectivity index (χ4v) is 6.33. The van der Waals surface area contributed by atoms with Crippen LogP contribution in [-0.4, -0.2) is 0 Å². The first-order valence-electron chi connectivity index (χ1n) is 14.5. The molecule has 0 unspecified atom stereocenters. The van der Waals surface area contributed by atoms with Gasteiger partial charge in [-0.15, -0.1) is 0 Å². The van der Waals surface area contributed by atoms with Crippen LogP contribution in [0.5, 0.6) is 0 Å². The minimum Gasteiger partial charge on any atom is -0.0622 e. The molecule has 0 N–H and O–H groups in total. The Balaban J connectivity index is 1.52. The Bertz CT molecular complexity index is 2050. The molecule has 0 saturated carbocycles. The van der Waals surface area contributed by atoms with Crippen LogP contribution in [0.2, 0.25) is 0 Å². The van der Waals surface area contributed by atoms with Crippen molar-refractivity contribution in [1.82, 2.24) is 0 Å². The lowest BCUT2D eigenvalue weighted by atomic mass is 9.81. The molecule has 0 aliphatic rings. The van der Waals surface area contributed by atoms with Gasteiger partial charge in [-0.05, 0) is 89.7 Å². The third kappa shape index (κ3) is 4.41. The molecule has 0 aromatic heterocycles. The summed E-state index contributed by atoms with van der Waals surface area (Å²) in [7, 11) is 0. The van der Waals surface area contributed by atoms with Crippen LogP contribution >= 0.6 is 0 Å². The Morgan fingerprint density at radius 1 is 0.415 bits per heavy atom. The van der Waals surface area contributed by atoms with Crippen molar-refractivity contribution in [3.8, 4) is 33.4 Å². The molecule has 0 bridgehead atoms. The van der Waals surface area contributed by atoms with E-state index in [1.54, 1.807) is 0 Å². The Kier molecular flexibility index (Phi) is 6.02. The van der Waals surface area contributed by atoms with Crippen LogP contribution in [0.15, 0.2) is 133 Å². The van der Waals surface area contributed by atoms with Gasteiger partial charge in [0.05, 0.1) is 0 Å². The van der Waals surface area contributed by atoms with Crippen LogP contribution in [-0.2, 0) is 5.41 Å². The zero-order valence-corrected chi connectivity index (χ0v) is 24.2. The van der Waals surface area contributed by atoms with Crippen LogP contribution in [0.1, 0.15) is 31.9 Å². The lowest BCUT2D eigenvalue weighted by Gasteiger charge is -2.23. The maximum absolute atomic E-state index is 2.44. The minimum absolute atomic E-state index is 0.0602. The van der Waals surface area contributed by atoms with Crippen LogP contribution in [0.4, 0.5) is 0 Å². The molecular formula is C41H34. The largest absolute Gasteiger partial charge is 0.0622 e. The highest BCUT2D eigenvalue weighted by Gasteiger charge is 2.20. The van der Waals surface area contributed by atoms with E-state index in [-0.39, 0.29) is 5.41 Å². The molecule has 0 spiro atoms. The maximum Gasteiger partial charge on any atom is -0.00263 e. The summed E-state index contributed by atoms with van der Waals surface area (Å²) in [6.45, 7) is 9.09. The summed E-state index contributed by atoms with van der Waals surface area (Å²) in [5, 5.41) is 7.77. The summed E-state index contributed by atoms with van der Waals surface area (Å²) in [6, 6.07) is 49.4. The van der Waals surface area contributed by atoms with Gasteiger partial charge in [0.25, 0.3) is 0 Å². The average molecular weight is 527 g/mol. The van der Waals surface area contributed by atoms with Crippen molar-refractivity contribution in [2.45, 2.75) is 33.1 Å². The number of benzene rings is 7. The highest BCUT2D eigenvalue weighted by molar-refractivity contribution is 6.21. The summed E-state index contributed by atoms with van der Waals surface area (Å²) in [5.74, 6) is 0. The highest BCUT2D eigenvalue weighted by atomic mass is 14.2. The van der Waals surface area contributed by atoms with Gasteiger partial charge in [0.1, 0.15) is 0 Å². The van der Waals surface area contributed by atoms with Gasteiger partial charge in [-0.25, -0.2) is 0 Å². The van der Waals surface area contributed by atoms with Crippen LogP contribution in [0.3, 0.4) is 0 Å². The SMILES string of the molecule is Cc1ccc2c(-c3ccccc3)c3cc(C(C)(C)C)ccc3c(-c3ccc(-c4cccc5ccccc45)cc3)c2c1. The molecule has 7 aromatic carbocycles. The van der Waals surface area contributed by atoms with Crippen molar-refractivity contribution in [2.75, 3.05) is 0 Å². The number of hydrogen-bond acceptors (Lipinski definition) is 0. The summed E-state index contributed by atoms with van der Waals surface area (Å²) in [6.07, 6.45) is 0. The van der Waals surface area contributed by atoms with Gasteiger partial charge in [-0.3, -0.25) is 0 Å². The average Bonchev–Trinajstić information content (AvgIpc) is 2.99. The lowest BCUT2D eigenvalue weighted by molar-refractivity contribution is 0.591. The van der Waals surface area contributed by atoms with Gasteiger partial charge in [0.15, 0.2) is 0 Å². The molecule has 41 heavy (non-hydrogen) atoms. The Morgan fingerprint density at radius 3 is 1.73 bits per heavy atom. The molecule has 0 fully saturated rings. The van der Waals surface area contributed by atoms with Gasteiger partial charge in [0, 0.05) is 0 Å². The lowest BCUT2D eigenvalue weighted by Crippen LogP contribution is -2.10. The van der Waals surface area contributed by atoms with E-state index >= 15 is 0 Å². The molecule has 0 atom stereocenters. The summed E-state index contributed by atoms with van der Waals surface area (Å²) in [5.41, 5.74) is 10.3. The monoisotopic (exact) mass is 526 g/mol. The highest BCUT2D eigenvalue weighted by Crippen LogP contribution is 2.45. The predicted molar refractivity (Wildman–Crippen MR) is 179 cm³/mol. The second-order valence-corrected chi connectivity index (χ2v) is 12.3. The molecule has 0 nitrogen and oxygen atoms in total. The normalized spacial score (nSPS) is 11.9. The molecule has 0 amide bonds. The smallest absolute Gasteiger partial charge is 0.00263 e. The minimum atomic E-state index is 0.0602. The molecule has 0 radical (unpaired) electrons. The van der Waals surface area contributed by atoms with Crippen molar-refractivity contribution in [2.24, 2.45) is 0 Å². The van der Waals surface area contributed by atoms with E-state index in [2.05, 4.69) is 161 Å². The number of rotatable bonds is 3. The van der Waals surface area contributed by atoms with Gasteiger partial charge < -0.3 is 0 Å². The number of aryl methyl sites for hydroxylation is 1. The maximum atomic E-state index is 2.44. The third-order valence-corrected chi connectivity index (χ3v) is 8.47. The number of hydrogen-bond donors (Lipinski definition) is 0. The zero-order chi connectivity index (χ0) is 28.1. The Morgan fingerprint density at radius 2 is 1.00 bits per heavy atom. The van der Waals surface area contributed by atoms with Gasteiger partial charge in [0.2, 0.25) is 0 Å². The first-order valence-corrected chi connectivity index (χ1v) is 14.5. The van der Waals surface area contributed by atoms with Crippen molar-refractivity contribution < 1.29 is 0 Å². The molecule has 0 saturated heterocycles. The van der Waals surface area contributed by atoms with Gasteiger partial charge in [-0.1, -0.05) is 154 Å². The van der Waals surface area contributed by atoms with Crippen molar-refractivity contribution >= 4 is 32.3 Å². The molecule has 0 aliphatic heterocycles. The second kappa shape index (κ2) is 9.75. The zero-order valence-electron chi connectivity index (χ0n) is 24.2. The standard InChI is InChI=1S/C41H34/c1-27-17-23-35-37(25-27)40(31-20-18-29(19-21-31)34-16-10-14-28-11-8-9-15-33(28)34)36-24-22-32(41(2,3)4)26-38(36)39(35)30-12-6-5-7-13-30/h5-26H,1-4H3.